The summed E-state index contributed by atoms with van der Waals surface area (Å²) in [6.07, 6.45) is 3.86. The van der Waals surface area contributed by atoms with Gasteiger partial charge < -0.3 is 23.7 Å². The van der Waals surface area contributed by atoms with Crippen LogP contribution >= 0.6 is 0 Å². The van der Waals surface area contributed by atoms with Crippen molar-refractivity contribution in [3.05, 3.63) is 90.8 Å². The Balaban J connectivity index is 1.32. The fourth-order valence-corrected chi connectivity index (χ4v) is 5.08. The minimum absolute atomic E-state index is 0.000446. The van der Waals surface area contributed by atoms with E-state index in [1.807, 2.05) is 71.6 Å². The van der Waals surface area contributed by atoms with Gasteiger partial charge in [-0.1, -0.05) is 30.3 Å². The van der Waals surface area contributed by atoms with Gasteiger partial charge in [0.15, 0.2) is 11.5 Å². The first-order valence-electron chi connectivity index (χ1n) is 12.9. The van der Waals surface area contributed by atoms with Crippen LogP contribution in [0.3, 0.4) is 0 Å². The van der Waals surface area contributed by atoms with Gasteiger partial charge in [0.25, 0.3) is 0 Å². The number of benzene rings is 3. The number of rotatable bonds is 11. The van der Waals surface area contributed by atoms with Crippen LogP contribution in [0.25, 0.3) is 11.0 Å². The van der Waals surface area contributed by atoms with Crippen molar-refractivity contribution in [2.45, 2.75) is 31.7 Å². The van der Waals surface area contributed by atoms with Crippen molar-refractivity contribution in [3.63, 3.8) is 0 Å². The average Bonchev–Trinajstić information content (AvgIpc) is 3.52. The fourth-order valence-electron chi connectivity index (χ4n) is 5.08. The maximum atomic E-state index is 13.0. The van der Waals surface area contributed by atoms with Crippen molar-refractivity contribution >= 4 is 22.6 Å². The van der Waals surface area contributed by atoms with Crippen LogP contribution in [0.2, 0.25) is 0 Å². The van der Waals surface area contributed by atoms with Gasteiger partial charge in [0.2, 0.25) is 5.91 Å². The molecule has 7 heteroatoms. The molecule has 0 aliphatic carbocycles. The number of ether oxygens (including phenoxy) is 3. The highest BCUT2D eigenvalue weighted by Gasteiger charge is 2.35. The number of para-hydroxylation sites is 2. The number of aryl methyl sites for hydroxylation is 1. The minimum Gasteiger partial charge on any atom is -0.497 e. The molecule has 5 rings (SSSR count). The molecule has 1 aromatic heterocycles. The first-order valence-corrected chi connectivity index (χ1v) is 12.9. The zero-order valence-corrected chi connectivity index (χ0v) is 21.9. The number of amides is 1. The summed E-state index contributed by atoms with van der Waals surface area (Å²) in [6.45, 7) is 5.65. The molecule has 1 aliphatic rings. The molecule has 1 aliphatic heterocycles. The number of nitrogens with zero attached hydrogens (tertiary/aromatic N) is 3. The molecule has 38 heavy (non-hydrogen) atoms. The Labute approximate surface area is 223 Å². The largest absolute Gasteiger partial charge is 0.497 e. The Hall–Kier alpha value is -4.26. The van der Waals surface area contributed by atoms with Crippen molar-refractivity contribution in [2.75, 3.05) is 32.3 Å². The third kappa shape index (κ3) is 5.23. The maximum Gasteiger partial charge on any atom is 0.227 e. The van der Waals surface area contributed by atoms with E-state index in [0.717, 1.165) is 64.7 Å². The summed E-state index contributed by atoms with van der Waals surface area (Å²) in [5.41, 5.74) is 3.99. The highest BCUT2D eigenvalue weighted by atomic mass is 16.5. The molecule has 4 aromatic rings. The van der Waals surface area contributed by atoms with Crippen LogP contribution in [0, 0.1) is 0 Å². The molecular weight excluding hydrogens is 478 g/mol. The van der Waals surface area contributed by atoms with E-state index in [9.17, 15) is 4.79 Å². The van der Waals surface area contributed by atoms with Crippen molar-refractivity contribution < 1.29 is 19.0 Å². The standard InChI is InChI=1S/C31H33N3O4/c1-4-9-22-14-15-28(29(18-22)37-3)38-17-8-16-33-27-13-6-5-12-26(27)32-31(33)23-19-30(35)34(21-23)24-10-7-11-25(20-24)36-2/h4-7,10-15,18,20,23H,1,8-9,16-17,19,21H2,2-3H3. The van der Waals surface area contributed by atoms with E-state index in [2.05, 4.69) is 17.2 Å². The number of aromatic nitrogens is 2. The molecule has 2 heterocycles. The summed E-state index contributed by atoms with van der Waals surface area (Å²) in [4.78, 5) is 19.8. The second-order valence-corrected chi connectivity index (χ2v) is 9.40. The summed E-state index contributed by atoms with van der Waals surface area (Å²) in [5.74, 6) is 3.22. The molecule has 0 bridgehead atoms. The Morgan fingerprint density at radius 3 is 2.71 bits per heavy atom. The zero-order valence-electron chi connectivity index (χ0n) is 21.9. The van der Waals surface area contributed by atoms with Gasteiger partial charge in [0.05, 0.1) is 31.9 Å². The molecule has 1 fully saturated rings. The normalized spacial score (nSPS) is 15.2. The second-order valence-electron chi connectivity index (χ2n) is 9.40. The topological polar surface area (TPSA) is 65.8 Å². The van der Waals surface area contributed by atoms with Gasteiger partial charge in [-0.15, -0.1) is 6.58 Å². The quantitative estimate of drug-likeness (QED) is 0.189. The number of anilines is 1. The van der Waals surface area contributed by atoms with Gasteiger partial charge >= 0.3 is 0 Å². The van der Waals surface area contributed by atoms with E-state index < -0.39 is 0 Å². The Bertz CT molecular complexity index is 1440. The lowest BCUT2D eigenvalue weighted by Crippen LogP contribution is -2.24. The van der Waals surface area contributed by atoms with Gasteiger partial charge in [0.1, 0.15) is 11.6 Å². The predicted molar refractivity (Wildman–Crippen MR) is 149 cm³/mol. The summed E-state index contributed by atoms with van der Waals surface area (Å²) in [6, 6.07) is 21.8. The first-order chi connectivity index (χ1) is 18.6. The molecule has 0 radical (unpaired) electrons. The van der Waals surface area contributed by atoms with E-state index in [-0.39, 0.29) is 11.8 Å². The lowest BCUT2D eigenvalue weighted by molar-refractivity contribution is -0.117. The summed E-state index contributed by atoms with van der Waals surface area (Å²) < 4.78 is 19.2. The molecule has 196 valence electrons. The monoisotopic (exact) mass is 511 g/mol. The van der Waals surface area contributed by atoms with E-state index in [1.54, 1.807) is 14.2 Å². The Morgan fingerprint density at radius 1 is 1.03 bits per heavy atom. The summed E-state index contributed by atoms with van der Waals surface area (Å²) >= 11 is 0. The maximum absolute atomic E-state index is 13.0. The number of carbonyl (C=O) groups is 1. The van der Waals surface area contributed by atoms with E-state index >= 15 is 0 Å². The number of methoxy groups -OCH3 is 2. The van der Waals surface area contributed by atoms with E-state index in [4.69, 9.17) is 19.2 Å². The van der Waals surface area contributed by atoms with Gasteiger partial charge in [-0.25, -0.2) is 4.98 Å². The number of fused-ring (bicyclic) bond motifs is 1. The van der Waals surface area contributed by atoms with Crippen LogP contribution in [-0.2, 0) is 17.8 Å². The smallest absolute Gasteiger partial charge is 0.227 e. The number of hydrogen-bond acceptors (Lipinski definition) is 5. The number of carbonyl (C=O) groups excluding carboxylic acids is 1. The molecular formula is C31H33N3O4. The fraction of sp³-hybridized carbons (Fsp3) is 0.290. The van der Waals surface area contributed by atoms with Crippen molar-refractivity contribution in [1.29, 1.82) is 0 Å². The Kier molecular flexibility index (Phi) is 7.63. The van der Waals surface area contributed by atoms with Crippen molar-refractivity contribution in [1.82, 2.24) is 9.55 Å². The summed E-state index contributed by atoms with van der Waals surface area (Å²) in [7, 11) is 3.29. The van der Waals surface area contributed by atoms with Gasteiger partial charge in [-0.2, -0.15) is 0 Å². The third-order valence-electron chi connectivity index (χ3n) is 6.93. The Morgan fingerprint density at radius 2 is 1.89 bits per heavy atom. The van der Waals surface area contributed by atoms with Crippen LogP contribution in [0.5, 0.6) is 17.2 Å². The van der Waals surface area contributed by atoms with Crippen LogP contribution in [0.4, 0.5) is 5.69 Å². The van der Waals surface area contributed by atoms with Crippen LogP contribution in [0.1, 0.15) is 30.1 Å². The molecule has 3 aromatic carbocycles. The molecule has 1 amide bonds. The molecule has 7 nitrogen and oxygen atoms in total. The first kappa shape index (κ1) is 25.4. The third-order valence-corrected chi connectivity index (χ3v) is 6.93. The van der Waals surface area contributed by atoms with Gasteiger partial charge in [-0.3, -0.25) is 4.79 Å². The molecule has 0 N–H and O–H groups in total. The highest BCUT2D eigenvalue weighted by molar-refractivity contribution is 5.96. The van der Waals surface area contributed by atoms with Crippen LogP contribution in [0.15, 0.2) is 79.4 Å². The van der Waals surface area contributed by atoms with E-state index in [1.165, 1.54) is 0 Å². The lowest BCUT2D eigenvalue weighted by Gasteiger charge is -2.18. The molecule has 1 atom stereocenters. The van der Waals surface area contributed by atoms with Crippen LogP contribution < -0.4 is 19.1 Å². The lowest BCUT2D eigenvalue weighted by atomic mass is 10.1. The number of allylic oxidation sites excluding steroid dienone is 1. The molecule has 1 saturated heterocycles. The number of hydrogen-bond donors (Lipinski definition) is 0. The summed E-state index contributed by atoms with van der Waals surface area (Å²) in [5, 5.41) is 0. The molecule has 0 spiro atoms. The second kappa shape index (κ2) is 11.4. The SMILES string of the molecule is C=CCc1ccc(OCCCn2c(C3CC(=O)N(c4cccc(OC)c4)C3)nc3ccccc32)c(OC)c1. The molecule has 1 unspecified atom stereocenters. The van der Waals surface area contributed by atoms with Gasteiger partial charge in [0, 0.05) is 37.2 Å². The van der Waals surface area contributed by atoms with Crippen molar-refractivity contribution in [3.8, 4) is 17.2 Å². The van der Waals surface area contributed by atoms with Gasteiger partial charge in [-0.05, 0) is 54.8 Å². The minimum atomic E-state index is -0.000446. The predicted octanol–water partition coefficient (Wildman–Crippen LogP) is 5.77. The molecule has 0 saturated carbocycles. The average molecular weight is 512 g/mol. The van der Waals surface area contributed by atoms with Crippen molar-refractivity contribution in [2.24, 2.45) is 0 Å². The zero-order chi connectivity index (χ0) is 26.5. The van der Waals surface area contributed by atoms with E-state index in [0.29, 0.717) is 19.6 Å². The highest BCUT2D eigenvalue weighted by Crippen LogP contribution is 2.34. The number of imidazole rings is 1. The van der Waals surface area contributed by atoms with Crippen LogP contribution in [-0.4, -0.2) is 42.8 Å².